The zero-order chi connectivity index (χ0) is 13.2. The predicted molar refractivity (Wildman–Crippen MR) is 75.8 cm³/mol. The number of hydrogen-bond acceptors (Lipinski definition) is 1. The van der Waals surface area contributed by atoms with Gasteiger partial charge in [-0.05, 0) is 37.5 Å². The molecular formula is C15H26ClNO. The van der Waals surface area contributed by atoms with Crippen molar-refractivity contribution in [3.8, 4) is 0 Å². The third kappa shape index (κ3) is 2.84. The minimum atomic E-state index is 0.170. The summed E-state index contributed by atoms with van der Waals surface area (Å²) in [4.78, 5) is 14.9. The molecule has 1 aliphatic carbocycles. The second-order valence-corrected chi connectivity index (χ2v) is 6.93. The van der Waals surface area contributed by atoms with Crippen LogP contribution in [0.4, 0.5) is 0 Å². The maximum absolute atomic E-state index is 12.8. The van der Waals surface area contributed by atoms with Crippen LogP contribution >= 0.6 is 11.6 Å². The van der Waals surface area contributed by atoms with Crippen LogP contribution in [0.2, 0.25) is 0 Å². The lowest BCUT2D eigenvalue weighted by molar-refractivity contribution is -0.144. The molecular weight excluding hydrogens is 246 g/mol. The number of rotatable bonds is 2. The summed E-state index contributed by atoms with van der Waals surface area (Å²) < 4.78 is 0. The van der Waals surface area contributed by atoms with Crippen molar-refractivity contribution < 1.29 is 4.79 Å². The van der Waals surface area contributed by atoms with E-state index in [1.807, 2.05) is 0 Å². The van der Waals surface area contributed by atoms with Gasteiger partial charge in [0.2, 0.25) is 5.91 Å². The minimum absolute atomic E-state index is 0.170. The number of nitrogens with zero attached hydrogens (tertiary/aromatic N) is 1. The van der Waals surface area contributed by atoms with Crippen molar-refractivity contribution in [2.24, 2.45) is 11.3 Å². The van der Waals surface area contributed by atoms with Crippen molar-refractivity contribution in [2.75, 3.05) is 12.4 Å². The van der Waals surface area contributed by atoms with Gasteiger partial charge in [-0.3, -0.25) is 4.79 Å². The maximum atomic E-state index is 12.8. The Bertz CT molecular complexity index is 303. The Morgan fingerprint density at radius 1 is 1.22 bits per heavy atom. The summed E-state index contributed by atoms with van der Waals surface area (Å²) in [5.41, 5.74) is 0.170. The van der Waals surface area contributed by atoms with Crippen molar-refractivity contribution in [1.29, 1.82) is 0 Å². The molecule has 0 radical (unpaired) electrons. The Kier molecular flexibility index (Phi) is 4.58. The largest absolute Gasteiger partial charge is 0.338 e. The van der Waals surface area contributed by atoms with E-state index in [1.54, 1.807) is 0 Å². The molecule has 2 atom stereocenters. The molecule has 1 amide bonds. The number of halogens is 1. The molecule has 104 valence electrons. The van der Waals surface area contributed by atoms with E-state index in [1.165, 1.54) is 25.7 Å². The molecule has 18 heavy (non-hydrogen) atoms. The summed E-state index contributed by atoms with van der Waals surface area (Å²) in [6, 6.07) is 0.283. The Hall–Kier alpha value is -0.240. The molecule has 0 aromatic carbocycles. The Labute approximate surface area is 116 Å². The monoisotopic (exact) mass is 271 g/mol. The number of carbonyl (C=O) groups is 1. The molecule has 0 spiro atoms. The Balaban J connectivity index is 2.09. The third-order valence-corrected chi connectivity index (χ3v) is 5.25. The van der Waals surface area contributed by atoms with Crippen LogP contribution in [0.25, 0.3) is 0 Å². The fourth-order valence-electron chi connectivity index (χ4n) is 3.60. The number of alkyl halides is 1. The molecule has 0 N–H and O–H groups in total. The van der Waals surface area contributed by atoms with Gasteiger partial charge in [-0.15, -0.1) is 11.6 Å². The Morgan fingerprint density at radius 2 is 1.94 bits per heavy atom. The van der Waals surface area contributed by atoms with Crippen LogP contribution in [0.1, 0.15) is 58.8 Å². The maximum Gasteiger partial charge on any atom is 0.226 e. The molecule has 3 heteroatoms. The summed E-state index contributed by atoms with van der Waals surface area (Å²) in [5.74, 6) is 1.19. The summed E-state index contributed by atoms with van der Waals surface area (Å²) in [6.45, 7) is 5.44. The van der Waals surface area contributed by atoms with E-state index in [2.05, 4.69) is 18.7 Å². The number of amides is 1. The van der Waals surface area contributed by atoms with E-state index in [9.17, 15) is 4.79 Å². The molecule has 1 saturated carbocycles. The molecule has 2 fully saturated rings. The highest BCUT2D eigenvalue weighted by Gasteiger charge is 2.40. The van der Waals surface area contributed by atoms with Gasteiger partial charge in [0.05, 0.1) is 0 Å². The normalized spacial score (nSPS) is 32.3. The first-order chi connectivity index (χ1) is 8.56. The highest BCUT2D eigenvalue weighted by atomic mass is 35.5. The van der Waals surface area contributed by atoms with Gasteiger partial charge in [0.1, 0.15) is 0 Å². The predicted octanol–water partition coefficient (Wildman–Crippen LogP) is 3.82. The van der Waals surface area contributed by atoms with Crippen molar-refractivity contribution in [2.45, 2.75) is 64.8 Å². The fraction of sp³-hybridized carbons (Fsp3) is 0.933. The van der Waals surface area contributed by atoms with Gasteiger partial charge in [0.15, 0.2) is 0 Å². The van der Waals surface area contributed by atoms with Crippen LogP contribution in [-0.2, 0) is 4.79 Å². The minimum Gasteiger partial charge on any atom is -0.338 e. The number of piperidine rings is 1. The van der Waals surface area contributed by atoms with Gasteiger partial charge in [-0.1, -0.05) is 26.7 Å². The van der Waals surface area contributed by atoms with E-state index < -0.39 is 0 Å². The summed E-state index contributed by atoms with van der Waals surface area (Å²) in [5, 5.41) is 0. The van der Waals surface area contributed by atoms with Crippen LogP contribution in [0, 0.1) is 11.3 Å². The first kappa shape index (κ1) is 14.2. The molecule has 0 aromatic heterocycles. The summed E-state index contributed by atoms with van der Waals surface area (Å²) in [6.07, 6.45) is 8.18. The van der Waals surface area contributed by atoms with E-state index >= 15 is 0 Å². The average molecular weight is 272 g/mol. The zero-order valence-corrected chi connectivity index (χ0v) is 12.5. The van der Waals surface area contributed by atoms with Crippen LogP contribution < -0.4 is 0 Å². The van der Waals surface area contributed by atoms with Crippen LogP contribution in [0.5, 0.6) is 0 Å². The Morgan fingerprint density at radius 3 is 2.61 bits per heavy atom. The first-order valence-electron chi connectivity index (χ1n) is 7.43. The summed E-state index contributed by atoms with van der Waals surface area (Å²) in [7, 11) is 0. The van der Waals surface area contributed by atoms with Gasteiger partial charge in [0.25, 0.3) is 0 Å². The average Bonchev–Trinajstić information content (AvgIpc) is 2.37. The molecule has 1 aliphatic heterocycles. The quantitative estimate of drug-likeness (QED) is 0.699. The number of hydrogen-bond donors (Lipinski definition) is 0. The van der Waals surface area contributed by atoms with Gasteiger partial charge < -0.3 is 4.90 Å². The standard InChI is InChI=1S/C15H26ClNO/c1-15(2)9-5-3-8-13(15)14(18)17-10-6-4-7-12(17)11-16/h12-13H,3-11H2,1-2H3. The topological polar surface area (TPSA) is 20.3 Å². The highest BCUT2D eigenvalue weighted by molar-refractivity contribution is 6.18. The third-order valence-electron chi connectivity index (χ3n) is 4.89. The van der Waals surface area contributed by atoms with Crippen LogP contribution in [0.15, 0.2) is 0 Å². The molecule has 2 rings (SSSR count). The van der Waals surface area contributed by atoms with Gasteiger partial charge in [-0.2, -0.15) is 0 Å². The molecule has 2 unspecified atom stereocenters. The van der Waals surface area contributed by atoms with Crippen molar-refractivity contribution in [3.63, 3.8) is 0 Å². The van der Waals surface area contributed by atoms with E-state index in [-0.39, 0.29) is 17.4 Å². The van der Waals surface area contributed by atoms with Crippen molar-refractivity contribution in [3.05, 3.63) is 0 Å². The lowest BCUT2D eigenvalue weighted by atomic mass is 9.68. The molecule has 1 heterocycles. The SMILES string of the molecule is CC1(C)CCCCC1C(=O)N1CCCCC1CCl. The van der Waals surface area contributed by atoms with Crippen molar-refractivity contribution >= 4 is 17.5 Å². The van der Waals surface area contributed by atoms with Gasteiger partial charge >= 0.3 is 0 Å². The van der Waals surface area contributed by atoms with Gasteiger partial charge in [0, 0.05) is 24.4 Å². The number of carbonyl (C=O) groups excluding carboxylic acids is 1. The molecule has 0 aromatic rings. The van der Waals surface area contributed by atoms with Crippen LogP contribution in [0.3, 0.4) is 0 Å². The first-order valence-corrected chi connectivity index (χ1v) is 7.96. The molecule has 0 bridgehead atoms. The lowest BCUT2D eigenvalue weighted by Gasteiger charge is -2.43. The summed E-state index contributed by atoms with van der Waals surface area (Å²) >= 11 is 6.04. The second-order valence-electron chi connectivity index (χ2n) is 6.62. The highest BCUT2D eigenvalue weighted by Crippen LogP contribution is 2.42. The zero-order valence-electron chi connectivity index (χ0n) is 11.8. The molecule has 2 nitrogen and oxygen atoms in total. The second kappa shape index (κ2) is 5.81. The molecule has 2 aliphatic rings. The van der Waals surface area contributed by atoms with Gasteiger partial charge in [-0.25, -0.2) is 0 Å². The smallest absolute Gasteiger partial charge is 0.226 e. The van der Waals surface area contributed by atoms with E-state index in [4.69, 9.17) is 11.6 Å². The van der Waals surface area contributed by atoms with Crippen LogP contribution in [-0.4, -0.2) is 29.3 Å². The van der Waals surface area contributed by atoms with E-state index in [0.29, 0.717) is 11.8 Å². The molecule has 1 saturated heterocycles. The van der Waals surface area contributed by atoms with Crippen molar-refractivity contribution in [1.82, 2.24) is 4.90 Å². The van der Waals surface area contributed by atoms with E-state index in [0.717, 1.165) is 25.8 Å². The lowest BCUT2D eigenvalue weighted by Crippen LogP contribution is -2.50. The number of likely N-dealkylation sites (tertiary alicyclic amines) is 1. The fourth-order valence-corrected chi connectivity index (χ4v) is 3.92.